The van der Waals surface area contributed by atoms with Crippen LogP contribution in [0.4, 0.5) is 0 Å². The van der Waals surface area contributed by atoms with Crippen molar-refractivity contribution in [2.24, 2.45) is 0 Å². The molecule has 0 fully saturated rings. The molecule has 4 heteroatoms. The monoisotopic (exact) mass is 324 g/mol. The van der Waals surface area contributed by atoms with Crippen LogP contribution in [0.1, 0.15) is 36.2 Å². The molecule has 2 aromatic carbocycles. The highest BCUT2D eigenvalue weighted by atomic mass is 16.3. The first-order chi connectivity index (χ1) is 11.4. The molecular weight excluding hydrogens is 304 g/mol. The van der Waals surface area contributed by atoms with Gasteiger partial charge < -0.3 is 15.3 Å². The number of aliphatic hydroxyl groups excluding tert-OH is 1. The number of Topliss-reactive ketones (excluding diaryl/α,β-unsaturated/α-hetero) is 1. The molecule has 0 aromatic heterocycles. The highest BCUT2D eigenvalue weighted by molar-refractivity contribution is 6.14. The third kappa shape index (κ3) is 3.84. The van der Waals surface area contributed by atoms with Crippen LogP contribution in [-0.2, 0) is 0 Å². The molecule has 2 aromatic rings. The maximum absolute atomic E-state index is 12.6. The number of phenolic OH excluding ortho intramolecular Hbond substituents is 2. The highest BCUT2D eigenvalue weighted by Gasteiger charge is 2.23. The van der Waals surface area contributed by atoms with E-state index in [9.17, 15) is 20.1 Å². The Labute approximate surface area is 141 Å². The lowest BCUT2D eigenvalue weighted by molar-refractivity contribution is 0.0973. The zero-order valence-corrected chi connectivity index (χ0v) is 13.7. The Morgan fingerprint density at radius 3 is 2.08 bits per heavy atom. The van der Waals surface area contributed by atoms with Gasteiger partial charge in [0.2, 0.25) is 5.78 Å². The molecule has 124 valence electrons. The highest BCUT2D eigenvalue weighted by Crippen LogP contribution is 2.31. The number of hydrogen-bond acceptors (Lipinski definition) is 4. The number of allylic oxidation sites excluding steroid dienone is 4. The molecule has 2 rings (SSSR count). The van der Waals surface area contributed by atoms with Crippen molar-refractivity contribution in [3.63, 3.8) is 0 Å². The molecule has 0 radical (unpaired) electrons. The summed E-state index contributed by atoms with van der Waals surface area (Å²) in [6, 6.07) is 13.1. The average Bonchev–Trinajstić information content (AvgIpc) is 2.55. The first-order valence-electron chi connectivity index (χ1n) is 7.58. The average molecular weight is 324 g/mol. The molecule has 0 saturated heterocycles. The van der Waals surface area contributed by atoms with Gasteiger partial charge in [0.1, 0.15) is 17.1 Å². The predicted octanol–water partition coefficient (Wildman–Crippen LogP) is 4.61. The fraction of sp³-hybridized carbons (Fsp3) is 0.150. The summed E-state index contributed by atoms with van der Waals surface area (Å²) in [5.41, 5.74) is 1.88. The minimum absolute atomic E-state index is 0.305. The van der Waals surface area contributed by atoms with E-state index in [1.54, 1.807) is 12.1 Å². The van der Waals surface area contributed by atoms with E-state index >= 15 is 0 Å². The zero-order chi connectivity index (χ0) is 17.7. The van der Waals surface area contributed by atoms with Gasteiger partial charge in [-0.2, -0.15) is 0 Å². The molecule has 24 heavy (non-hydrogen) atoms. The summed E-state index contributed by atoms with van der Waals surface area (Å²) in [7, 11) is 0. The van der Waals surface area contributed by atoms with Crippen molar-refractivity contribution in [1.82, 2.24) is 0 Å². The van der Waals surface area contributed by atoms with E-state index in [0.717, 1.165) is 5.57 Å². The Bertz CT molecular complexity index is 777. The van der Waals surface area contributed by atoms with Crippen molar-refractivity contribution >= 4 is 11.4 Å². The number of benzene rings is 2. The molecule has 0 atom stereocenters. The standard InChI is InChI=1S/C20H20O4/c1-13(2)11-12-15(14-7-4-3-5-8-14)19(23)20(24)18-16(21)9-6-10-17(18)22/h3-11,21-23H,12H2,1-2H3/b19-15-. The summed E-state index contributed by atoms with van der Waals surface area (Å²) < 4.78 is 0. The third-order valence-corrected chi connectivity index (χ3v) is 3.59. The molecule has 0 saturated carbocycles. The molecule has 0 aliphatic rings. The lowest BCUT2D eigenvalue weighted by atomic mass is 9.96. The number of rotatable bonds is 5. The van der Waals surface area contributed by atoms with Crippen molar-refractivity contribution in [3.8, 4) is 11.5 Å². The maximum atomic E-state index is 12.6. The molecule has 0 heterocycles. The predicted molar refractivity (Wildman–Crippen MR) is 94.1 cm³/mol. The molecule has 0 bridgehead atoms. The van der Waals surface area contributed by atoms with E-state index in [4.69, 9.17) is 0 Å². The first-order valence-corrected chi connectivity index (χ1v) is 7.58. The minimum atomic E-state index is -0.813. The van der Waals surface area contributed by atoms with Gasteiger partial charge in [-0.3, -0.25) is 4.79 Å². The number of carbonyl (C=O) groups is 1. The molecule has 0 spiro atoms. The molecule has 3 N–H and O–H groups in total. The second kappa shape index (κ2) is 7.51. The van der Waals surface area contributed by atoms with Gasteiger partial charge in [-0.15, -0.1) is 0 Å². The first kappa shape index (κ1) is 17.3. The second-order valence-corrected chi connectivity index (χ2v) is 5.68. The minimum Gasteiger partial charge on any atom is -0.507 e. The van der Waals surface area contributed by atoms with E-state index in [-0.39, 0.29) is 17.1 Å². The molecule has 0 aliphatic heterocycles. The van der Waals surface area contributed by atoms with Gasteiger partial charge in [0.05, 0.1) is 0 Å². The van der Waals surface area contributed by atoms with Crippen LogP contribution in [0.3, 0.4) is 0 Å². The Morgan fingerprint density at radius 1 is 0.958 bits per heavy atom. The number of carbonyl (C=O) groups excluding carboxylic acids is 1. The van der Waals surface area contributed by atoms with Crippen molar-refractivity contribution in [2.45, 2.75) is 20.3 Å². The Kier molecular flexibility index (Phi) is 5.42. The third-order valence-electron chi connectivity index (χ3n) is 3.59. The van der Waals surface area contributed by atoms with Crippen molar-refractivity contribution in [2.75, 3.05) is 0 Å². The summed E-state index contributed by atoms with van der Waals surface area (Å²) in [6.07, 6.45) is 2.26. The van der Waals surface area contributed by atoms with Crippen LogP contribution < -0.4 is 0 Å². The van der Waals surface area contributed by atoms with Crippen molar-refractivity contribution < 1.29 is 20.1 Å². The SMILES string of the molecule is CC(C)=CC/C(=C(/O)C(=O)c1c(O)cccc1O)c1ccccc1. The summed E-state index contributed by atoms with van der Waals surface area (Å²) in [5, 5.41) is 30.2. The van der Waals surface area contributed by atoms with Gasteiger partial charge in [0.15, 0.2) is 5.76 Å². The number of aromatic hydroxyl groups is 2. The van der Waals surface area contributed by atoms with Crippen LogP contribution in [-0.4, -0.2) is 21.1 Å². The fourth-order valence-corrected chi connectivity index (χ4v) is 2.31. The molecule has 0 unspecified atom stereocenters. The van der Waals surface area contributed by atoms with Crippen LogP contribution in [0.15, 0.2) is 65.9 Å². The fourth-order valence-electron chi connectivity index (χ4n) is 2.31. The van der Waals surface area contributed by atoms with Gasteiger partial charge in [0.25, 0.3) is 0 Å². The Hall–Kier alpha value is -3.01. The Balaban J connectivity index is 2.57. The van der Waals surface area contributed by atoms with Crippen molar-refractivity contribution in [3.05, 3.63) is 77.1 Å². The van der Waals surface area contributed by atoms with Gasteiger partial charge in [-0.05, 0) is 38.0 Å². The number of hydrogen-bond donors (Lipinski definition) is 3. The van der Waals surface area contributed by atoms with Crippen LogP contribution in [0.25, 0.3) is 5.57 Å². The number of ketones is 1. The van der Waals surface area contributed by atoms with Gasteiger partial charge in [-0.1, -0.05) is 48.0 Å². The van der Waals surface area contributed by atoms with Crippen LogP contribution in [0.5, 0.6) is 11.5 Å². The smallest absolute Gasteiger partial charge is 0.235 e. The Morgan fingerprint density at radius 2 is 1.54 bits per heavy atom. The van der Waals surface area contributed by atoms with E-state index < -0.39 is 11.5 Å². The summed E-state index contributed by atoms with van der Waals surface area (Å²) in [6.45, 7) is 3.85. The van der Waals surface area contributed by atoms with Crippen LogP contribution >= 0.6 is 0 Å². The van der Waals surface area contributed by atoms with Crippen molar-refractivity contribution in [1.29, 1.82) is 0 Å². The van der Waals surface area contributed by atoms with Gasteiger partial charge in [-0.25, -0.2) is 0 Å². The van der Waals surface area contributed by atoms with Crippen LogP contribution in [0.2, 0.25) is 0 Å². The van der Waals surface area contributed by atoms with E-state index in [2.05, 4.69) is 0 Å². The molecule has 0 aliphatic carbocycles. The topological polar surface area (TPSA) is 77.8 Å². The molecule has 0 amide bonds. The maximum Gasteiger partial charge on any atom is 0.235 e. The van der Waals surface area contributed by atoms with Gasteiger partial charge in [0, 0.05) is 5.57 Å². The van der Waals surface area contributed by atoms with E-state index in [1.807, 2.05) is 38.1 Å². The largest absolute Gasteiger partial charge is 0.507 e. The van der Waals surface area contributed by atoms with E-state index in [0.29, 0.717) is 17.6 Å². The number of phenols is 2. The number of aliphatic hydroxyl groups is 1. The zero-order valence-electron chi connectivity index (χ0n) is 13.7. The lowest BCUT2D eigenvalue weighted by Gasteiger charge is -2.11. The van der Waals surface area contributed by atoms with Gasteiger partial charge >= 0.3 is 0 Å². The summed E-state index contributed by atoms with van der Waals surface area (Å²) >= 11 is 0. The summed E-state index contributed by atoms with van der Waals surface area (Å²) in [4.78, 5) is 12.6. The van der Waals surface area contributed by atoms with E-state index in [1.165, 1.54) is 18.2 Å². The lowest BCUT2D eigenvalue weighted by Crippen LogP contribution is -2.07. The summed E-state index contributed by atoms with van der Waals surface area (Å²) in [5.74, 6) is -2.05. The molecular formula is C20H20O4. The quantitative estimate of drug-likeness (QED) is 0.325. The molecule has 4 nitrogen and oxygen atoms in total. The van der Waals surface area contributed by atoms with Crippen LogP contribution in [0, 0.1) is 0 Å². The normalized spacial score (nSPS) is 11.6. The second-order valence-electron chi connectivity index (χ2n) is 5.68.